The number of hydrogen-bond acceptors (Lipinski definition) is 4. The van der Waals surface area contributed by atoms with Crippen molar-refractivity contribution in [3.63, 3.8) is 0 Å². The maximum absolute atomic E-state index is 10.1. The minimum absolute atomic E-state index is 0.350. The average molecular weight is 250 g/mol. The highest BCUT2D eigenvalue weighted by Gasteiger charge is 2.17. The van der Waals surface area contributed by atoms with Gasteiger partial charge in [-0.15, -0.1) is 11.8 Å². The van der Waals surface area contributed by atoms with Crippen molar-refractivity contribution in [3.8, 4) is 29.1 Å². The van der Waals surface area contributed by atoms with Gasteiger partial charge in [0.25, 0.3) is 0 Å². The highest BCUT2D eigenvalue weighted by Crippen LogP contribution is 2.38. The Morgan fingerprint density at radius 3 is 2.11 bits per heavy atom. The van der Waals surface area contributed by atoms with Gasteiger partial charge in [-0.25, -0.2) is 0 Å². The summed E-state index contributed by atoms with van der Waals surface area (Å²) in [6, 6.07) is 3.40. The van der Waals surface area contributed by atoms with Gasteiger partial charge in [0.15, 0.2) is 11.5 Å². The predicted octanol–water partition coefficient (Wildman–Crippen LogP) is 2.16. The summed E-state index contributed by atoms with van der Waals surface area (Å²) in [6.45, 7) is 1.73. The Labute approximate surface area is 107 Å². The van der Waals surface area contributed by atoms with Crippen molar-refractivity contribution in [2.45, 2.75) is 19.4 Å². The van der Waals surface area contributed by atoms with E-state index < -0.39 is 6.10 Å². The van der Waals surface area contributed by atoms with Crippen molar-refractivity contribution < 1.29 is 19.3 Å². The van der Waals surface area contributed by atoms with Crippen LogP contribution in [0.4, 0.5) is 0 Å². The summed E-state index contributed by atoms with van der Waals surface area (Å²) in [5, 5.41) is 10.1. The van der Waals surface area contributed by atoms with Gasteiger partial charge in [-0.3, -0.25) is 0 Å². The second-order valence-electron chi connectivity index (χ2n) is 3.60. The minimum Gasteiger partial charge on any atom is -0.496 e. The van der Waals surface area contributed by atoms with E-state index in [2.05, 4.69) is 11.8 Å². The van der Waals surface area contributed by atoms with Gasteiger partial charge in [0, 0.05) is 18.1 Å². The quantitative estimate of drug-likeness (QED) is 0.813. The van der Waals surface area contributed by atoms with E-state index in [0.717, 1.165) is 0 Å². The van der Waals surface area contributed by atoms with Crippen LogP contribution in [0.3, 0.4) is 0 Å². The van der Waals surface area contributed by atoms with Gasteiger partial charge >= 0.3 is 0 Å². The standard InChI is InChI=1S/C14H18O4/c1-5-6-7-11(15)10-8-13(17-3)14(18-4)9-12(10)16-2/h8-9,11,15H,7H2,1-4H3. The summed E-state index contributed by atoms with van der Waals surface area (Å²) in [6.07, 6.45) is -0.366. The molecule has 0 spiro atoms. The molecule has 18 heavy (non-hydrogen) atoms. The van der Waals surface area contributed by atoms with E-state index in [4.69, 9.17) is 14.2 Å². The third-order valence-corrected chi connectivity index (χ3v) is 2.57. The van der Waals surface area contributed by atoms with Gasteiger partial charge in [-0.1, -0.05) is 0 Å². The molecular formula is C14H18O4. The molecule has 0 aliphatic heterocycles. The number of rotatable bonds is 5. The van der Waals surface area contributed by atoms with Crippen molar-refractivity contribution in [1.29, 1.82) is 0 Å². The Balaban J connectivity index is 3.18. The van der Waals surface area contributed by atoms with E-state index >= 15 is 0 Å². The Bertz CT molecular complexity index is 457. The molecule has 0 amide bonds. The first kappa shape index (κ1) is 14.2. The fourth-order valence-electron chi connectivity index (χ4n) is 1.62. The molecule has 1 aromatic rings. The van der Waals surface area contributed by atoms with Gasteiger partial charge in [0.2, 0.25) is 0 Å². The predicted molar refractivity (Wildman–Crippen MR) is 69.1 cm³/mol. The lowest BCUT2D eigenvalue weighted by Crippen LogP contribution is -2.02. The molecule has 0 saturated heterocycles. The number of hydrogen-bond donors (Lipinski definition) is 1. The number of methoxy groups -OCH3 is 3. The average Bonchev–Trinajstić information content (AvgIpc) is 2.42. The molecule has 4 heteroatoms. The number of ether oxygens (including phenoxy) is 3. The first-order chi connectivity index (χ1) is 8.67. The summed E-state index contributed by atoms with van der Waals surface area (Å²) in [5.74, 6) is 7.25. The van der Waals surface area contributed by atoms with Gasteiger partial charge in [-0.05, 0) is 13.0 Å². The molecule has 0 radical (unpaired) electrons. The van der Waals surface area contributed by atoms with Crippen LogP contribution in [-0.4, -0.2) is 26.4 Å². The minimum atomic E-state index is -0.716. The Morgan fingerprint density at radius 1 is 1.06 bits per heavy atom. The van der Waals surface area contributed by atoms with Crippen LogP contribution in [0.25, 0.3) is 0 Å². The molecule has 4 nitrogen and oxygen atoms in total. The Kier molecular flexibility index (Phi) is 5.34. The van der Waals surface area contributed by atoms with Crippen LogP contribution >= 0.6 is 0 Å². The van der Waals surface area contributed by atoms with Crippen molar-refractivity contribution in [2.24, 2.45) is 0 Å². The fraction of sp³-hybridized carbons (Fsp3) is 0.429. The first-order valence-electron chi connectivity index (χ1n) is 5.55. The van der Waals surface area contributed by atoms with Crippen LogP contribution < -0.4 is 14.2 Å². The van der Waals surface area contributed by atoms with Crippen LogP contribution in [-0.2, 0) is 0 Å². The molecule has 1 N–H and O–H groups in total. The van der Waals surface area contributed by atoms with Crippen LogP contribution in [0, 0.1) is 11.8 Å². The van der Waals surface area contributed by atoms with Gasteiger partial charge in [0.1, 0.15) is 5.75 Å². The van der Waals surface area contributed by atoms with E-state index in [0.29, 0.717) is 29.2 Å². The molecule has 0 aliphatic carbocycles. The molecule has 1 rings (SSSR count). The van der Waals surface area contributed by atoms with E-state index in [1.807, 2.05) is 0 Å². The summed E-state index contributed by atoms with van der Waals surface area (Å²) < 4.78 is 15.6. The number of benzene rings is 1. The maximum Gasteiger partial charge on any atom is 0.164 e. The zero-order valence-corrected chi connectivity index (χ0v) is 11.1. The largest absolute Gasteiger partial charge is 0.496 e. The third-order valence-electron chi connectivity index (χ3n) is 2.57. The zero-order chi connectivity index (χ0) is 13.5. The number of aliphatic hydroxyl groups excluding tert-OH is 1. The Hall–Kier alpha value is -1.86. The monoisotopic (exact) mass is 250 g/mol. The SMILES string of the molecule is CC#CCC(O)c1cc(OC)c(OC)cc1OC. The van der Waals surface area contributed by atoms with Gasteiger partial charge < -0.3 is 19.3 Å². The highest BCUT2D eigenvalue weighted by molar-refractivity contribution is 5.51. The van der Waals surface area contributed by atoms with Crippen molar-refractivity contribution >= 4 is 0 Å². The van der Waals surface area contributed by atoms with Crippen LogP contribution in [0.2, 0.25) is 0 Å². The van der Waals surface area contributed by atoms with Gasteiger partial charge in [-0.2, -0.15) is 0 Å². The van der Waals surface area contributed by atoms with Crippen LogP contribution in [0.5, 0.6) is 17.2 Å². The fourth-order valence-corrected chi connectivity index (χ4v) is 1.62. The molecule has 1 aromatic carbocycles. The van der Waals surface area contributed by atoms with Crippen molar-refractivity contribution in [3.05, 3.63) is 17.7 Å². The second kappa shape index (κ2) is 6.77. The molecule has 0 aliphatic rings. The molecule has 0 aromatic heterocycles. The van der Waals surface area contributed by atoms with Crippen molar-refractivity contribution in [2.75, 3.05) is 21.3 Å². The highest BCUT2D eigenvalue weighted by atomic mass is 16.5. The number of aliphatic hydroxyl groups is 1. The third kappa shape index (κ3) is 3.08. The lowest BCUT2D eigenvalue weighted by molar-refractivity contribution is 0.178. The molecule has 0 saturated carbocycles. The Morgan fingerprint density at radius 2 is 1.61 bits per heavy atom. The molecule has 1 atom stereocenters. The van der Waals surface area contributed by atoms with Crippen LogP contribution in [0.15, 0.2) is 12.1 Å². The molecule has 0 heterocycles. The summed E-state index contributed by atoms with van der Waals surface area (Å²) in [4.78, 5) is 0. The van der Waals surface area contributed by atoms with E-state index in [-0.39, 0.29) is 0 Å². The molecule has 0 fully saturated rings. The molecule has 1 unspecified atom stereocenters. The molecule has 0 bridgehead atoms. The van der Waals surface area contributed by atoms with Crippen LogP contribution in [0.1, 0.15) is 25.0 Å². The molecular weight excluding hydrogens is 232 g/mol. The van der Waals surface area contributed by atoms with Crippen molar-refractivity contribution in [1.82, 2.24) is 0 Å². The molecule has 98 valence electrons. The normalized spacial score (nSPS) is 11.2. The summed E-state index contributed by atoms with van der Waals surface area (Å²) in [7, 11) is 4.64. The maximum atomic E-state index is 10.1. The van der Waals surface area contributed by atoms with E-state index in [1.165, 1.54) is 0 Å². The van der Waals surface area contributed by atoms with E-state index in [1.54, 1.807) is 40.4 Å². The smallest absolute Gasteiger partial charge is 0.164 e. The lowest BCUT2D eigenvalue weighted by atomic mass is 10.0. The van der Waals surface area contributed by atoms with E-state index in [9.17, 15) is 5.11 Å². The lowest BCUT2D eigenvalue weighted by Gasteiger charge is -2.16. The second-order valence-corrected chi connectivity index (χ2v) is 3.60. The summed E-state index contributed by atoms with van der Waals surface area (Å²) in [5.41, 5.74) is 0.637. The van der Waals surface area contributed by atoms with Gasteiger partial charge in [0.05, 0.1) is 27.4 Å². The first-order valence-corrected chi connectivity index (χ1v) is 5.55. The summed E-state index contributed by atoms with van der Waals surface area (Å²) >= 11 is 0. The zero-order valence-electron chi connectivity index (χ0n) is 11.1. The topological polar surface area (TPSA) is 47.9 Å².